The Bertz CT molecular complexity index is 751. The first-order valence-corrected chi connectivity index (χ1v) is 8.68. The Balaban J connectivity index is 2.02. The van der Waals surface area contributed by atoms with Crippen LogP contribution in [0.25, 0.3) is 0 Å². The molecule has 1 aliphatic rings. The zero-order valence-corrected chi connectivity index (χ0v) is 14.2. The number of fused-ring (bicyclic) bond motifs is 2. The van der Waals surface area contributed by atoms with E-state index < -0.39 is 6.10 Å². The van der Waals surface area contributed by atoms with Gasteiger partial charge in [-0.15, -0.1) is 0 Å². The number of aliphatic hydroxyl groups is 1. The number of nitrogens with zero attached hydrogens (tertiary/aromatic N) is 2. The van der Waals surface area contributed by atoms with Gasteiger partial charge in [-0.25, -0.2) is 0 Å². The molecule has 3 rings (SSSR count). The summed E-state index contributed by atoms with van der Waals surface area (Å²) in [5.74, 6) is 0.639. The van der Waals surface area contributed by atoms with Gasteiger partial charge in [0.1, 0.15) is 0 Å². The Morgan fingerprint density at radius 2 is 1.87 bits per heavy atom. The van der Waals surface area contributed by atoms with Crippen LogP contribution in [0.1, 0.15) is 31.9 Å². The molecule has 0 radical (unpaired) electrons. The fourth-order valence-corrected chi connectivity index (χ4v) is 3.87. The first kappa shape index (κ1) is 15.9. The number of nitriles is 1. The van der Waals surface area contributed by atoms with Crippen molar-refractivity contribution >= 4 is 23.1 Å². The number of hydrogen-bond acceptors (Lipinski definition) is 4. The quantitative estimate of drug-likeness (QED) is 0.813. The van der Waals surface area contributed by atoms with Crippen molar-refractivity contribution in [2.45, 2.75) is 36.2 Å². The van der Waals surface area contributed by atoms with Crippen molar-refractivity contribution in [2.75, 3.05) is 11.4 Å². The summed E-state index contributed by atoms with van der Waals surface area (Å²) in [6.45, 7) is 5.43. The fourth-order valence-electron chi connectivity index (χ4n) is 2.72. The van der Waals surface area contributed by atoms with Crippen LogP contribution in [0.4, 0.5) is 11.4 Å². The molecule has 4 heteroatoms. The normalized spacial score (nSPS) is 14.1. The van der Waals surface area contributed by atoms with E-state index in [1.807, 2.05) is 30.3 Å². The maximum absolute atomic E-state index is 9.78. The maximum atomic E-state index is 9.78. The Morgan fingerprint density at radius 3 is 2.61 bits per heavy atom. The third-order valence-electron chi connectivity index (χ3n) is 4.02. The van der Waals surface area contributed by atoms with E-state index in [-0.39, 0.29) is 0 Å². The van der Waals surface area contributed by atoms with E-state index in [4.69, 9.17) is 5.26 Å². The van der Waals surface area contributed by atoms with Crippen molar-refractivity contribution in [3.63, 3.8) is 0 Å². The van der Waals surface area contributed by atoms with E-state index in [1.165, 1.54) is 10.6 Å². The molecule has 1 atom stereocenters. The van der Waals surface area contributed by atoms with E-state index in [2.05, 4.69) is 36.9 Å². The molecule has 0 saturated carbocycles. The zero-order chi connectivity index (χ0) is 16.4. The van der Waals surface area contributed by atoms with Crippen LogP contribution in [-0.4, -0.2) is 11.7 Å². The van der Waals surface area contributed by atoms with Crippen LogP contribution < -0.4 is 4.90 Å². The van der Waals surface area contributed by atoms with E-state index in [0.29, 0.717) is 11.5 Å². The largest absolute Gasteiger partial charge is 0.374 e. The molecule has 0 aromatic heterocycles. The molecule has 1 N–H and O–H groups in total. The number of hydrogen-bond donors (Lipinski definition) is 1. The average Bonchev–Trinajstić information content (AvgIpc) is 2.57. The average molecular weight is 324 g/mol. The van der Waals surface area contributed by atoms with Gasteiger partial charge in [-0.2, -0.15) is 5.26 Å². The second-order valence-corrected chi connectivity index (χ2v) is 7.25. The number of aliphatic hydroxyl groups excluding tert-OH is 1. The van der Waals surface area contributed by atoms with Crippen molar-refractivity contribution < 1.29 is 5.11 Å². The molecular weight excluding hydrogens is 304 g/mol. The molecule has 0 spiro atoms. The van der Waals surface area contributed by atoms with Crippen LogP contribution in [0, 0.1) is 17.2 Å². The minimum Gasteiger partial charge on any atom is -0.374 e. The summed E-state index contributed by atoms with van der Waals surface area (Å²) < 4.78 is 0. The summed E-state index contributed by atoms with van der Waals surface area (Å²) in [7, 11) is 0. The van der Waals surface area contributed by atoms with Gasteiger partial charge in [0, 0.05) is 16.3 Å². The van der Waals surface area contributed by atoms with Crippen LogP contribution in [0.15, 0.2) is 52.3 Å². The van der Waals surface area contributed by atoms with Crippen LogP contribution in [0.5, 0.6) is 0 Å². The van der Waals surface area contributed by atoms with E-state index >= 15 is 0 Å². The molecule has 0 fully saturated rings. The van der Waals surface area contributed by atoms with Gasteiger partial charge in [0.15, 0.2) is 6.10 Å². The molecule has 0 aliphatic carbocycles. The first-order chi connectivity index (χ1) is 11.1. The number of anilines is 2. The smallest absolute Gasteiger partial charge is 0.165 e. The summed E-state index contributed by atoms with van der Waals surface area (Å²) in [6.07, 6.45) is 0.0447. The standard InChI is InChI=1S/C19H20N2OS/c1-13(2)9-10-21-15-5-3-4-6-18(15)23-19-11-14(17(22)12-20)7-8-16(19)21/h3-8,11,13,17,22H,9-10H2,1-2H3/t17-/m0/s1. The minimum atomic E-state index is -1.07. The highest BCUT2D eigenvalue weighted by molar-refractivity contribution is 7.99. The number of para-hydroxylation sites is 1. The number of benzene rings is 2. The minimum absolute atomic E-state index is 0.639. The third kappa shape index (κ3) is 3.21. The highest BCUT2D eigenvalue weighted by Crippen LogP contribution is 2.48. The van der Waals surface area contributed by atoms with Crippen LogP contribution >= 0.6 is 11.8 Å². The van der Waals surface area contributed by atoms with Gasteiger partial charge in [-0.1, -0.05) is 43.8 Å². The van der Waals surface area contributed by atoms with Crippen molar-refractivity contribution in [3.8, 4) is 6.07 Å². The van der Waals surface area contributed by atoms with E-state index in [0.717, 1.165) is 23.5 Å². The van der Waals surface area contributed by atoms with Crippen LogP contribution in [-0.2, 0) is 0 Å². The molecular formula is C19H20N2OS. The molecule has 3 nitrogen and oxygen atoms in total. The lowest BCUT2D eigenvalue weighted by molar-refractivity contribution is 0.235. The summed E-state index contributed by atoms with van der Waals surface area (Å²) >= 11 is 1.70. The SMILES string of the molecule is CC(C)CCN1c2ccccc2Sc2cc([C@@H](O)C#N)ccc21. The Kier molecular flexibility index (Phi) is 4.61. The molecule has 118 valence electrons. The van der Waals surface area contributed by atoms with Crippen LogP contribution in [0.2, 0.25) is 0 Å². The van der Waals surface area contributed by atoms with Gasteiger partial charge < -0.3 is 10.0 Å². The first-order valence-electron chi connectivity index (χ1n) is 7.86. The molecule has 1 aliphatic heterocycles. The summed E-state index contributed by atoms with van der Waals surface area (Å²) in [5.41, 5.74) is 3.05. The van der Waals surface area contributed by atoms with Gasteiger partial charge in [0.05, 0.1) is 17.4 Å². The van der Waals surface area contributed by atoms with Gasteiger partial charge in [-0.05, 0) is 42.2 Å². The second-order valence-electron chi connectivity index (χ2n) is 6.16. The molecule has 2 aromatic carbocycles. The van der Waals surface area contributed by atoms with Crippen molar-refractivity contribution in [1.82, 2.24) is 0 Å². The van der Waals surface area contributed by atoms with Gasteiger partial charge in [0.2, 0.25) is 0 Å². The Labute approximate surface area is 141 Å². The van der Waals surface area contributed by atoms with Crippen LogP contribution in [0.3, 0.4) is 0 Å². The Morgan fingerprint density at radius 1 is 1.13 bits per heavy atom. The topological polar surface area (TPSA) is 47.3 Å². The molecule has 0 unspecified atom stereocenters. The lowest BCUT2D eigenvalue weighted by Crippen LogP contribution is -2.23. The maximum Gasteiger partial charge on any atom is 0.165 e. The Hall–Kier alpha value is -1.96. The predicted molar refractivity (Wildman–Crippen MR) is 94.0 cm³/mol. The lowest BCUT2D eigenvalue weighted by atomic mass is 10.1. The predicted octanol–water partition coefficient (Wildman–Crippen LogP) is 4.89. The lowest BCUT2D eigenvalue weighted by Gasteiger charge is -2.33. The van der Waals surface area contributed by atoms with Gasteiger partial charge in [-0.3, -0.25) is 0 Å². The summed E-state index contributed by atoms with van der Waals surface area (Å²) in [6, 6.07) is 16.1. The summed E-state index contributed by atoms with van der Waals surface area (Å²) in [4.78, 5) is 4.66. The molecule has 0 amide bonds. The van der Waals surface area contributed by atoms with Crippen molar-refractivity contribution in [3.05, 3.63) is 48.0 Å². The van der Waals surface area contributed by atoms with Gasteiger partial charge >= 0.3 is 0 Å². The molecule has 2 aromatic rings. The molecule has 1 heterocycles. The van der Waals surface area contributed by atoms with E-state index in [9.17, 15) is 5.11 Å². The van der Waals surface area contributed by atoms with Crippen molar-refractivity contribution in [2.24, 2.45) is 5.92 Å². The second kappa shape index (κ2) is 6.66. The highest BCUT2D eigenvalue weighted by atomic mass is 32.2. The molecule has 0 bridgehead atoms. The van der Waals surface area contributed by atoms with E-state index in [1.54, 1.807) is 11.8 Å². The number of rotatable bonds is 4. The monoisotopic (exact) mass is 324 g/mol. The van der Waals surface area contributed by atoms with Crippen molar-refractivity contribution in [1.29, 1.82) is 5.26 Å². The molecule has 23 heavy (non-hydrogen) atoms. The zero-order valence-electron chi connectivity index (χ0n) is 13.4. The molecule has 0 saturated heterocycles. The highest BCUT2D eigenvalue weighted by Gasteiger charge is 2.24. The fraction of sp³-hybridized carbons (Fsp3) is 0.316. The van der Waals surface area contributed by atoms with Gasteiger partial charge in [0.25, 0.3) is 0 Å². The summed E-state index contributed by atoms with van der Waals surface area (Å²) in [5, 5.41) is 18.7. The third-order valence-corrected chi connectivity index (χ3v) is 5.13.